The third kappa shape index (κ3) is 6.22. The number of alkyl halides is 2. The van der Waals surface area contributed by atoms with Gasteiger partial charge in [0.15, 0.2) is 11.5 Å². The lowest BCUT2D eigenvalue weighted by atomic mass is 10.0. The lowest BCUT2D eigenvalue weighted by Crippen LogP contribution is -2.37. The molecule has 0 bridgehead atoms. The van der Waals surface area contributed by atoms with Crippen LogP contribution < -0.4 is 14.8 Å². The minimum absolute atomic E-state index is 0.00176. The molecule has 0 aliphatic rings. The largest absolute Gasteiger partial charge is 0.493 e. The number of hydrogen-bond acceptors (Lipinski definition) is 4. The van der Waals surface area contributed by atoms with E-state index in [1.54, 1.807) is 0 Å². The highest BCUT2D eigenvalue weighted by molar-refractivity contribution is 5.98. The van der Waals surface area contributed by atoms with Crippen LogP contribution in [0.4, 0.5) is 8.78 Å². The second kappa shape index (κ2) is 10.2. The first-order valence-corrected chi connectivity index (χ1v) is 8.59. The number of carboxylic acid groups (broad SMARTS) is 1. The zero-order valence-electron chi connectivity index (χ0n) is 15.2. The molecule has 2 aromatic carbocycles. The quantitative estimate of drug-likeness (QED) is 0.645. The lowest BCUT2D eigenvalue weighted by Gasteiger charge is -2.20. The van der Waals surface area contributed by atoms with Crippen molar-refractivity contribution in [2.24, 2.45) is 0 Å². The Bertz CT molecular complexity index is 798. The highest BCUT2D eigenvalue weighted by Crippen LogP contribution is 2.32. The minimum Gasteiger partial charge on any atom is -0.493 e. The second-order valence-electron chi connectivity index (χ2n) is 6.01. The summed E-state index contributed by atoms with van der Waals surface area (Å²) in [5.41, 5.74) is 0.793. The van der Waals surface area contributed by atoms with Crippen LogP contribution in [0.15, 0.2) is 48.5 Å². The Morgan fingerprint density at radius 1 is 1.11 bits per heavy atom. The van der Waals surface area contributed by atoms with Crippen LogP contribution in [0.1, 0.15) is 28.8 Å². The fraction of sp³-hybridized carbons (Fsp3) is 0.300. The van der Waals surface area contributed by atoms with Crippen molar-refractivity contribution in [3.05, 3.63) is 59.7 Å². The molecule has 0 heterocycles. The average Bonchev–Trinajstić information content (AvgIpc) is 2.66. The standard InChI is InChI=1S/C20H21F2NO5/c1-27-16-9-5-8-15(18(16)28-20(21)22)19(26)23-14(10-11-17(24)25)12-13-6-3-2-4-7-13/h2-9,14,20H,10-12H2,1H3,(H,23,26)(H,24,25). The molecule has 0 fully saturated rings. The topological polar surface area (TPSA) is 84.9 Å². The Kier molecular flexibility index (Phi) is 7.74. The van der Waals surface area contributed by atoms with Crippen LogP contribution in [-0.2, 0) is 11.2 Å². The van der Waals surface area contributed by atoms with E-state index in [4.69, 9.17) is 9.84 Å². The predicted octanol–water partition coefficient (Wildman–Crippen LogP) is 3.50. The molecule has 0 aliphatic heterocycles. The maximum atomic E-state index is 12.8. The van der Waals surface area contributed by atoms with Gasteiger partial charge in [-0.05, 0) is 30.5 Å². The van der Waals surface area contributed by atoms with Crippen molar-refractivity contribution in [3.8, 4) is 11.5 Å². The van der Waals surface area contributed by atoms with Gasteiger partial charge >= 0.3 is 12.6 Å². The lowest BCUT2D eigenvalue weighted by molar-refractivity contribution is -0.137. The number of halogens is 2. The normalized spacial score (nSPS) is 11.7. The molecule has 6 nitrogen and oxygen atoms in total. The van der Waals surface area contributed by atoms with E-state index < -0.39 is 24.5 Å². The number of para-hydroxylation sites is 1. The van der Waals surface area contributed by atoms with E-state index in [2.05, 4.69) is 10.1 Å². The number of carbonyl (C=O) groups is 2. The fourth-order valence-electron chi connectivity index (χ4n) is 2.75. The Morgan fingerprint density at radius 2 is 1.82 bits per heavy atom. The number of nitrogens with one attached hydrogen (secondary N) is 1. The number of benzene rings is 2. The summed E-state index contributed by atoms with van der Waals surface area (Å²) in [6, 6.07) is 13.0. The second-order valence-corrected chi connectivity index (χ2v) is 6.01. The highest BCUT2D eigenvalue weighted by Gasteiger charge is 2.23. The van der Waals surface area contributed by atoms with Gasteiger partial charge in [-0.2, -0.15) is 8.78 Å². The first kappa shape index (κ1) is 21.1. The van der Waals surface area contributed by atoms with E-state index in [9.17, 15) is 18.4 Å². The van der Waals surface area contributed by atoms with Crippen LogP contribution in [-0.4, -0.2) is 36.7 Å². The molecule has 1 amide bonds. The zero-order valence-corrected chi connectivity index (χ0v) is 15.2. The van der Waals surface area contributed by atoms with Crippen LogP contribution in [0.3, 0.4) is 0 Å². The summed E-state index contributed by atoms with van der Waals surface area (Å²) in [6.45, 7) is -3.13. The van der Waals surface area contributed by atoms with Crippen molar-refractivity contribution < 1.29 is 33.0 Å². The van der Waals surface area contributed by atoms with Gasteiger partial charge in [-0.3, -0.25) is 9.59 Å². The minimum atomic E-state index is -3.13. The molecule has 8 heteroatoms. The number of aliphatic carboxylic acids is 1. The first-order chi connectivity index (χ1) is 13.4. The van der Waals surface area contributed by atoms with Crippen molar-refractivity contribution in [2.45, 2.75) is 31.9 Å². The third-order valence-electron chi connectivity index (χ3n) is 4.02. The number of ether oxygens (including phenoxy) is 2. The summed E-state index contributed by atoms with van der Waals surface area (Å²) >= 11 is 0. The number of rotatable bonds is 10. The molecular weight excluding hydrogens is 372 g/mol. The molecule has 2 N–H and O–H groups in total. The van der Waals surface area contributed by atoms with Gasteiger partial charge in [0.1, 0.15) is 0 Å². The monoisotopic (exact) mass is 393 g/mol. The van der Waals surface area contributed by atoms with E-state index >= 15 is 0 Å². The smallest absolute Gasteiger partial charge is 0.387 e. The molecule has 0 aromatic heterocycles. The van der Waals surface area contributed by atoms with Crippen molar-refractivity contribution in [1.29, 1.82) is 0 Å². The summed E-state index contributed by atoms with van der Waals surface area (Å²) in [4.78, 5) is 23.7. The van der Waals surface area contributed by atoms with Crippen LogP contribution >= 0.6 is 0 Å². The van der Waals surface area contributed by atoms with Crippen LogP contribution in [0.2, 0.25) is 0 Å². The Labute approximate surface area is 161 Å². The van der Waals surface area contributed by atoms with Crippen LogP contribution in [0, 0.1) is 0 Å². The Balaban J connectivity index is 2.23. The summed E-state index contributed by atoms with van der Waals surface area (Å²) in [6.07, 6.45) is 0.441. The third-order valence-corrected chi connectivity index (χ3v) is 4.02. The number of carboxylic acids is 1. The SMILES string of the molecule is COc1cccc(C(=O)NC(CCC(=O)O)Cc2ccccc2)c1OC(F)F. The molecular formula is C20H21F2NO5. The molecule has 150 valence electrons. The van der Waals surface area contributed by atoms with Gasteiger partial charge in [-0.25, -0.2) is 0 Å². The van der Waals surface area contributed by atoms with Crippen molar-refractivity contribution in [1.82, 2.24) is 5.32 Å². The van der Waals surface area contributed by atoms with Gasteiger partial charge in [0, 0.05) is 12.5 Å². The van der Waals surface area contributed by atoms with Gasteiger partial charge in [0.05, 0.1) is 12.7 Å². The van der Waals surface area contributed by atoms with Crippen molar-refractivity contribution >= 4 is 11.9 Å². The summed E-state index contributed by atoms with van der Waals surface area (Å²) in [7, 11) is 1.28. The molecule has 2 aromatic rings. The molecule has 0 spiro atoms. The first-order valence-electron chi connectivity index (χ1n) is 8.59. The van der Waals surface area contributed by atoms with E-state index in [1.807, 2.05) is 30.3 Å². The molecule has 0 aliphatic carbocycles. The molecule has 0 radical (unpaired) electrons. The summed E-state index contributed by atoms with van der Waals surface area (Å²) in [5, 5.41) is 11.7. The van der Waals surface area contributed by atoms with E-state index in [1.165, 1.54) is 25.3 Å². The molecule has 2 rings (SSSR count). The van der Waals surface area contributed by atoms with Gasteiger partial charge < -0.3 is 19.9 Å². The van der Waals surface area contributed by atoms with E-state index in [-0.39, 0.29) is 29.9 Å². The average molecular weight is 393 g/mol. The highest BCUT2D eigenvalue weighted by atomic mass is 19.3. The Hall–Kier alpha value is -3.16. The molecule has 0 saturated heterocycles. The maximum Gasteiger partial charge on any atom is 0.387 e. The van der Waals surface area contributed by atoms with Crippen LogP contribution in [0.25, 0.3) is 0 Å². The summed E-state index contributed by atoms with van der Waals surface area (Å²) in [5.74, 6) is -2.01. The molecule has 0 saturated carbocycles. The number of hydrogen-bond donors (Lipinski definition) is 2. The number of methoxy groups -OCH3 is 1. The number of amides is 1. The maximum absolute atomic E-state index is 12.8. The Morgan fingerprint density at radius 3 is 2.43 bits per heavy atom. The molecule has 1 unspecified atom stereocenters. The van der Waals surface area contributed by atoms with Crippen LogP contribution in [0.5, 0.6) is 11.5 Å². The predicted molar refractivity (Wildman–Crippen MR) is 97.9 cm³/mol. The zero-order chi connectivity index (χ0) is 20.5. The number of carbonyl (C=O) groups excluding carboxylic acids is 1. The van der Waals surface area contributed by atoms with E-state index in [0.29, 0.717) is 6.42 Å². The van der Waals surface area contributed by atoms with Crippen molar-refractivity contribution in [3.63, 3.8) is 0 Å². The summed E-state index contributed by atoms with van der Waals surface area (Å²) < 4.78 is 35.0. The van der Waals surface area contributed by atoms with Crippen molar-refractivity contribution in [2.75, 3.05) is 7.11 Å². The molecule has 1 atom stereocenters. The van der Waals surface area contributed by atoms with Gasteiger partial charge in [-0.15, -0.1) is 0 Å². The van der Waals surface area contributed by atoms with Gasteiger partial charge in [0.25, 0.3) is 5.91 Å². The molecule has 28 heavy (non-hydrogen) atoms. The van der Waals surface area contributed by atoms with E-state index in [0.717, 1.165) is 5.56 Å². The fourth-order valence-corrected chi connectivity index (χ4v) is 2.75. The van der Waals surface area contributed by atoms with Gasteiger partial charge in [-0.1, -0.05) is 36.4 Å². The van der Waals surface area contributed by atoms with Gasteiger partial charge in [0.2, 0.25) is 0 Å².